The van der Waals surface area contributed by atoms with E-state index < -0.39 is 8.07 Å². The molecule has 0 aliphatic carbocycles. The molecule has 0 saturated carbocycles. The molecule has 0 N–H and O–H groups in total. The van der Waals surface area contributed by atoms with E-state index in [1.807, 2.05) is 41.8 Å². The van der Waals surface area contributed by atoms with Gasteiger partial charge in [0, 0.05) is 37.2 Å². The second kappa shape index (κ2) is 16.5. The predicted octanol–water partition coefficient (Wildman–Crippen LogP) is 13.0. The van der Waals surface area contributed by atoms with Gasteiger partial charge in [0.2, 0.25) is 0 Å². The van der Waals surface area contributed by atoms with Crippen molar-refractivity contribution < 1.29 is 20.1 Å². The minimum absolute atomic E-state index is 0. The van der Waals surface area contributed by atoms with Crippen LogP contribution >= 0.6 is 11.3 Å². The molecular weight excluding hydrogens is 845 g/mol. The van der Waals surface area contributed by atoms with Crippen molar-refractivity contribution in [3.05, 3.63) is 139 Å². The summed E-state index contributed by atoms with van der Waals surface area (Å²) in [6, 6.07) is 43.0. The molecule has 0 fully saturated rings. The molecule has 7 rings (SSSR count). The van der Waals surface area contributed by atoms with Crippen LogP contribution < -0.4 is 5.19 Å². The Morgan fingerprint density at radius 1 is 0.731 bits per heavy atom. The van der Waals surface area contributed by atoms with Crippen LogP contribution in [0.4, 0.5) is 0 Å². The maximum absolute atomic E-state index is 4.73. The number of fused-ring (bicyclic) bond motifs is 3. The maximum Gasteiger partial charge on any atom is 0.0798 e. The quantitative estimate of drug-likeness (QED) is 0.118. The monoisotopic (exact) mass is 895 g/mol. The first-order valence-electron chi connectivity index (χ1n) is 18.1. The van der Waals surface area contributed by atoms with Gasteiger partial charge in [-0.1, -0.05) is 138 Å². The van der Waals surface area contributed by atoms with E-state index in [0.29, 0.717) is 11.8 Å². The van der Waals surface area contributed by atoms with Crippen LogP contribution in [0.5, 0.6) is 0 Å². The standard InChI is InChI=1S/C28H24NS.C19H26NSi.Ir/c1-18(2)19(3)21-15-16-29-26(17-21)25-14-8-13-24-23-12-7-11-22(27(23)30-28(24)25)20-9-5-4-6-10-20;1-19(2,3)13-16-12-17(15-10-8-7-9-11-15)20-14-18(16)21(4,5)6;/h4-13,15-19H,1-3H3;7-10,12,14H,13H2,1-6H3;/q2*-1;. The molecule has 1 radical (unpaired) electrons. The number of rotatable bonds is 7. The van der Waals surface area contributed by atoms with E-state index in [9.17, 15) is 0 Å². The molecule has 0 bridgehead atoms. The van der Waals surface area contributed by atoms with Crippen LogP contribution in [0.2, 0.25) is 19.6 Å². The second-order valence-corrected chi connectivity index (χ2v) is 22.3. The third kappa shape index (κ3) is 9.06. The summed E-state index contributed by atoms with van der Waals surface area (Å²) < 4.78 is 2.59. The molecule has 0 amide bonds. The Labute approximate surface area is 330 Å². The zero-order valence-corrected chi connectivity index (χ0v) is 36.2. The van der Waals surface area contributed by atoms with Gasteiger partial charge >= 0.3 is 0 Å². The minimum Gasteiger partial charge on any atom is -0.305 e. The molecule has 52 heavy (non-hydrogen) atoms. The Balaban J connectivity index is 0.000000210. The van der Waals surface area contributed by atoms with Crippen LogP contribution in [0.1, 0.15) is 58.6 Å². The normalized spacial score (nSPS) is 12.3. The maximum atomic E-state index is 4.73. The minimum atomic E-state index is -1.37. The van der Waals surface area contributed by atoms with Crippen LogP contribution in [0, 0.1) is 23.5 Å². The number of hydrogen-bond acceptors (Lipinski definition) is 3. The molecule has 0 aliphatic heterocycles. The molecule has 2 nitrogen and oxygen atoms in total. The number of hydrogen-bond donors (Lipinski definition) is 0. The second-order valence-electron chi connectivity index (χ2n) is 16.2. The van der Waals surface area contributed by atoms with Crippen molar-refractivity contribution in [3.8, 4) is 33.6 Å². The number of pyridine rings is 2. The Morgan fingerprint density at radius 3 is 2.13 bits per heavy atom. The Kier molecular flexibility index (Phi) is 12.5. The van der Waals surface area contributed by atoms with E-state index in [1.54, 1.807) is 0 Å². The molecule has 1 atom stereocenters. The summed E-state index contributed by atoms with van der Waals surface area (Å²) in [5.74, 6) is 1.09. The van der Waals surface area contributed by atoms with Crippen LogP contribution in [-0.2, 0) is 26.5 Å². The smallest absolute Gasteiger partial charge is 0.0798 e. The summed E-state index contributed by atoms with van der Waals surface area (Å²) in [6.45, 7) is 20.9. The first kappa shape index (κ1) is 39.5. The van der Waals surface area contributed by atoms with Crippen LogP contribution in [-0.4, -0.2) is 18.0 Å². The average Bonchev–Trinajstić information content (AvgIpc) is 3.50. The van der Waals surface area contributed by atoms with Gasteiger partial charge in [0.15, 0.2) is 0 Å². The molecule has 3 heterocycles. The molecule has 269 valence electrons. The van der Waals surface area contributed by atoms with Gasteiger partial charge < -0.3 is 9.97 Å². The van der Waals surface area contributed by atoms with Gasteiger partial charge in [-0.2, -0.15) is 11.3 Å². The van der Waals surface area contributed by atoms with E-state index >= 15 is 0 Å². The molecule has 0 aliphatic rings. The topological polar surface area (TPSA) is 25.8 Å². The Bertz CT molecular complexity index is 2250. The van der Waals surface area contributed by atoms with Crippen molar-refractivity contribution in [3.63, 3.8) is 0 Å². The summed E-state index contributed by atoms with van der Waals surface area (Å²) in [5.41, 5.74) is 9.86. The summed E-state index contributed by atoms with van der Waals surface area (Å²) >= 11 is 1.85. The molecular formula is C47H50IrN2SSi-2. The molecule has 7 aromatic rings. The van der Waals surface area contributed by atoms with Crippen molar-refractivity contribution in [2.45, 2.75) is 73.5 Å². The van der Waals surface area contributed by atoms with Crippen molar-refractivity contribution >= 4 is 44.8 Å². The first-order chi connectivity index (χ1) is 24.3. The number of thiophene rings is 1. The van der Waals surface area contributed by atoms with E-state index in [1.165, 1.54) is 47.6 Å². The molecule has 4 aromatic carbocycles. The van der Waals surface area contributed by atoms with Gasteiger partial charge in [-0.3, -0.25) is 0 Å². The molecule has 5 heteroatoms. The first-order valence-corrected chi connectivity index (χ1v) is 22.5. The fourth-order valence-corrected chi connectivity index (χ4v) is 9.56. The summed E-state index contributed by atoms with van der Waals surface area (Å²) in [7, 11) is -1.37. The van der Waals surface area contributed by atoms with Gasteiger partial charge in [0.25, 0.3) is 0 Å². The van der Waals surface area contributed by atoms with Crippen molar-refractivity contribution in [1.29, 1.82) is 0 Å². The van der Waals surface area contributed by atoms with Gasteiger partial charge in [-0.05, 0) is 67.5 Å². The Morgan fingerprint density at radius 2 is 1.46 bits per heavy atom. The predicted molar refractivity (Wildman–Crippen MR) is 225 cm³/mol. The SMILES string of the molecule is CC(C)(C)Cc1cc(-c2[c-]cccc2)ncc1[Si](C)(C)C.CC(C)C(C)c1ccnc(-c2[c-]ccc3c2sc2c(-c4ccccc4)cccc23)c1.[Ir]. The van der Waals surface area contributed by atoms with Crippen molar-refractivity contribution in [2.75, 3.05) is 0 Å². The summed E-state index contributed by atoms with van der Waals surface area (Å²) in [5, 5.41) is 4.07. The summed E-state index contributed by atoms with van der Waals surface area (Å²) in [6.07, 6.45) is 5.15. The van der Waals surface area contributed by atoms with E-state index in [2.05, 4.69) is 158 Å². The van der Waals surface area contributed by atoms with Gasteiger partial charge in [-0.15, -0.1) is 59.7 Å². The largest absolute Gasteiger partial charge is 0.305 e. The number of aromatic nitrogens is 2. The number of nitrogens with zero attached hydrogens (tertiary/aromatic N) is 2. The van der Waals surface area contributed by atoms with E-state index in [-0.39, 0.29) is 25.5 Å². The molecule has 0 saturated heterocycles. The van der Waals surface area contributed by atoms with E-state index in [0.717, 1.165) is 28.9 Å². The van der Waals surface area contributed by atoms with Crippen LogP contribution in [0.15, 0.2) is 116 Å². The van der Waals surface area contributed by atoms with Gasteiger partial charge in [0.1, 0.15) is 0 Å². The van der Waals surface area contributed by atoms with Gasteiger partial charge in [0.05, 0.1) is 8.07 Å². The fraction of sp³-hybridized carbons (Fsp3) is 0.277. The number of benzene rings is 4. The zero-order chi connectivity index (χ0) is 36.3. The summed E-state index contributed by atoms with van der Waals surface area (Å²) in [4.78, 5) is 9.44. The van der Waals surface area contributed by atoms with Crippen molar-refractivity contribution in [1.82, 2.24) is 9.97 Å². The Hall–Kier alpha value is -3.73. The van der Waals surface area contributed by atoms with Crippen LogP contribution in [0.3, 0.4) is 0 Å². The molecule has 0 spiro atoms. The van der Waals surface area contributed by atoms with E-state index in [4.69, 9.17) is 9.97 Å². The molecule has 3 aromatic heterocycles. The molecule has 1 unspecified atom stereocenters. The average molecular weight is 895 g/mol. The fourth-order valence-electron chi connectivity index (χ4n) is 6.64. The van der Waals surface area contributed by atoms with Crippen LogP contribution in [0.25, 0.3) is 53.8 Å². The zero-order valence-electron chi connectivity index (χ0n) is 32.0. The van der Waals surface area contributed by atoms with Crippen molar-refractivity contribution in [2.24, 2.45) is 11.3 Å². The third-order valence-electron chi connectivity index (χ3n) is 9.61. The third-order valence-corrected chi connectivity index (χ3v) is 13.0. The van der Waals surface area contributed by atoms with Gasteiger partial charge in [-0.25, -0.2) is 0 Å².